The van der Waals surface area contributed by atoms with Crippen LogP contribution >= 0.6 is 11.3 Å². The topological polar surface area (TPSA) is 34.6 Å². The van der Waals surface area contributed by atoms with Gasteiger partial charge in [-0.05, 0) is 41.0 Å². The minimum Gasteiger partial charge on any atom is -0.398 e. The van der Waals surface area contributed by atoms with Gasteiger partial charge >= 0.3 is 7.12 Å². The largest absolute Gasteiger partial charge is 0.515 e. The van der Waals surface area contributed by atoms with E-state index in [9.17, 15) is 0 Å². The van der Waals surface area contributed by atoms with Crippen molar-refractivity contribution in [1.29, 1.82) is 0 Å². The quantitative estimate of drug-likeness (QED) is 0.799. The summed E-state index contributed by atoms with van der Waals surface area (Å²) in [6, 6.07) is 0. The Morgan fingerprint density at radius 2 is 1.70 bits per heavy atom. The van der Waals surface area contributed by atoms with Crippen LogP contribution in [0.15, 0.2) is 0 Å². The lowest BCUT2D eigenvalue weighted by Gasteiger charge is -2.32. The van der Waals surface area contributed by atoms with Crippen LogP contribution in [0.25, 0.3) is 0 Å². The number of anilines is 1. The molecule has 2 heterocycles. The van der Waals surface area contributed by atoms with Gasteiger partial charge < -0.3 is 14.2 Å². The molecule has 20 heavy (non-hydrogen) atoms. The second-order valence-electron chi connectivity index (χ2n) is 6.26. The van der Waals surface area contributed by atoms with Gasteiger partial charge in [-0.1, -0.05) is 6.92 Å². The molecule has 0 spiro atoms. The standard InChI is InChI=1S/C14H25BN2O2S/c1-8-10-11(16-12(20-10)17(7)9-2)15-18-13(3,4)14(5,6)19-15/h8-9H2,1-7H3. The molecule has 1 aliphatic heterocycles. The number of aromatic nitrogens is 1. The van der Waals surface area contributed by atoms with Gasteiger partial charge in [0.15, 0.2) is 5.13 Å². The van der Waals surface area contributed by atoms with Crippen molar-refractivity contribution in [2.45, 2.75) is 59.2 Å². The highest BCUT2D eigenvalue weighted by molar-refractivity contribution is 7.16. The molecule has 0 aromatic carbocycles. The molecule has 4 nitrogen and oxygen atoms in total. The zero-order valence-electron chi connectivity index (χ0n) is 13.6. The van der Waals surface area contributed by atoms with Gasteiger partial charge in [0.05, 0.1) is 16.8 Å². The first-order chi connectivity index (χ1) is 9.21. The molecular formula is C14H25BN2O2S. The summed E-state index contributed by atoms with van der Waals surface area (Å²) in [5.41, 5.74) is 0.318. The van der Waals surface area contributed by atoms with Crippen LogP contribution < -0.4 is 10.5 Å². The van der Waals surface area contributed by atoms with E-state index in [-0.39, 0.29) is 18.3 Å². The summed E-state index contributed by atoms with van der Waals surface area (Å²) in [5.74, 6) is 0. The maximum Gasteiger partial charge on any atom is 0.515 e. The van der Waals surface area contributed by atoms with E-state index in [1.807, 2.05) is 0 Å². The molecule has 0 unspecified atom stereocenters. The van der Waals surface area contributed by atoms with E-state index < -0.39 is 0 Å². The molecule has 0 N–H and O–H groups in total. The molecule has 1 saturated heterocycles. The van der Waals surface area contributed by atoms with Crippen molar-refractivity contribution in [3.63, 3.8) is 0 Å². The van der Waals surface area contributed by atoms with Crippen molar-refractivity contribution in [2.75, 3.05) is 18.5 Å². The highest BCUT2D eigenvalue weighted by Crippen LogP contribution is 2.37. The van der Waals surface area contributed by atoms with Crippen LogP contribution in [0.5, 0.6) is 0 Å². The van der Waals surface area contributed by atoms with Crippen molar-refractivity contribution < 1.29 is 9.31 Å². The molecule has 1 aromatic heterocycles. The molecule has 0 radical (unpaired) electrons. The van der Waals surface area contributed by atoms with Gasteiger partial charge in [-0.15, -0.1) is 11.3 Å². The molecule has 1 aliphatic rings. The summed E-state index contributed by atoms with van der Waals surface area (Å²) in [6.07, 6.45) is 0.953. The molecular weight excluding hydrogens is 271 g/mol. The summed E-state index contributed by atoms with van der Waals surface area (Å²) >= 11 is 1.73. The third kappa shape index (κ3) is 2.61. The smallest absolute Gasteiger partial charge is 0.398 e. The lowest BCUT2D eigenvalue weighted by molar-refractivity contribution is 0.00578. The summed E-state index contributed by atoms with van der Waals surface area (Å²) in [7, 11) is 1.71. The Morgan fingerprint density at radius 1 is 1.15 bits per heavy atom. The lowest BCUT2D eigenvalue weighted by Crippen LogP contribution is -2.41. The number of hydrogen-bond donors (Lipinski definition) is 0. The highest BCUT2D eigenvalue weighted by atomic mass is 32.1. The first-order valence-electron chi connectivity index (χ1n) is 7.28. The first-order valence-corrected chi connectivity index (χ1v) is 8.10. The van der Waals surface area contributed by atoms with E-state index in [0.717, 1.165) is 23.7 Å². The molecule has 0 saturated carbocycles. The average molecular weight is 296 g/mol. The summed E-state index contributed by atoms with van der Waals surface area (Å²) in [6.45, 7) is 13.5. The van der Waals surface area contributed by atoms with E-state index in [1.165, 1.54) is 4.88 Å². The zero-order chi connectivity index (χ0) is 15.1. The molecule has 0 atom stereocenters. The maximum atomic E-state index is 6.12. The third-order valence-corrected chi connectivity index (χ3v) is 5.64. The molecule has 0 bridgehead atoms. The van der Waals surface area contributed by atoms with Crippen molar-refractivity contribution >= 4 is 29.2 Å². The second kappa shape index (κ2) is 5.32. The second-order valence-corrected chi connectivity index (χ2v) is 7.32. The van der Waals surface area contributed by atoms with Crippen LogP contribution in [-0.2, 0) is 15.7 Å². The average Bonchev–Trinajstić information content (AvgIpc) is 2.88. The van der Waals surface area contributed by atoms with E-state index in [2.05, 4.69) is 53.5 Å². The Kier molecular flexibility index (Phi) is 4.20. The van der Waals surface area contributed by atoms with E-state index in [0.29, 0.717) is 0 Å². The Bertz CT molecular complexity index is 472. The molecule has 1 fully saturated rings. The minimum absolute atomic E-state index is 0.316. The van der Waals surface area contributed by atoms with Crippen LogP contribution in [0.3, 0.4) is 0 Å². The fourth-order valence-electron chi connectivity index (χ4n) is 2.04. The number of aryl methyl sites for hydroxylation is 1. The third-order valence-electron chi connectivity index (χ3n) is 4.31. The first kappa shape index (κ1) is 15.8. The van der Waals surface area contributed by atoms with Crippen LogP contribution in [0.4, 0.5) is 5.13 Å². The molecule has 1 aromatic rings. The van der Waals surface area contributed by atoms with Gasteiger partial charge in [-0.25, -0.2) is 4.98 Å². The van der Waals surface area contributed by atoms with E-state index >= 15 is 0 Å². The normalized spacial score (nSPS) is 20.4. The highest BCUT2D eigenvalue weighted by Gasteiger charge is 2.53. The fraction of sp³-hybridized carbons (Fsp3) is 0.786. The number of rotatable bonds is 4. The van der Waals surface area contributed by atoms with Gasteiger partial charge in [0.2, 0.25) is 0 Å². The Balaban J connectivity index is 2.32. The van der Waals surface area contributed by atoms with Crippen molar-refractivity contribution in [1.82, 2.24) is 4.98 Å². The number of hydrogen-bond acceptors (Lipinski definition) is 5. The molecule has 0 aliphatic carbocycles. The van der Waals surface area contributed by atoms with Gasteiger partial charge in [-0.3, -0.25) is 0 Å². The summed E-state index contributed by atoms with van der Waals surface area (Å²) in [4.78, 5) is 8.16. The Hall–Kier alpha value is -0.585. The maximum absolute atomic E-state index is 6.12. The van der Waals surface area contributed by atoms with Gasteiger partial charge in [0, 0.05) is 18.5 Å². The summed E-state index contributed by atoms with van der Waals surface area (Å²) < 4.78 is 12.2. The zero-order valence-corrected chi connectivity index (χ0v) is 14.4. The van der Waals surface area contributed by atoms with Crippen molar-refractivity contribution in [3.05, 3.63) is 4.88 Å². The van der Waals surface area contributed by atoms with E-state index in [1.54, 1.807) is 11.3 Å². The lowest BCUT2D eigenvalue weighted by atomic mass is 9.83. The Labute approximate surface area is 126 Å². The predicted molar refractivity (Wildman–Crippen MR) is 86.2 cm³/mol. The van der Waals surface area contributed by atoms with Crippen LogP contribution in [0.1, 0.15) is 46.4 Å². The SMILES string of the molecule is CCc1sc(N(C)CC)nc1B1OC(C)(C)C(C)(C)O1. The fourth-order valence-corrected chi connectivity index (χ4v) is 3.08. The van der Waals surface area contributed by atoms with Crippen LogP contribution in [0, 0.1) is 0 Å². The summed E-state index contributed by atoms with van der Waals surface area (Å²) in [5, 5.41) is 1.04. The molecule has 6 heteroatoms. The molecule has 2 rings (SSSR count). The van der Waals surface area contributed by atoms with Gasteiger partial charge in [-0.2, -0.15) is 0 Å². The van der Waals surface area contributed by atoms with Crippen LogP contribution in [0.2, 0.25) is 0 Å². The monoisotopic (exact) mass is 296 g/mol. The number of thiazole rings is 1. The molecule has 112 valence electrons. The van der Waals surface area contributed by atoms with Crippen molar-refractivity contribution in [2.24, 2.45) is 0 Å². The van der Waals surface area contributed by atoms with E-state index in [4.69, 9.17) is 14.3 Å². The van der Waals surface area contributed by atoms with Crippen LogP contribution in [-0.4, -0.2) is 36.9 Å². The van der Waals surface area contributed by atoms with Crippen molar-refractivity contribution in [3.8, 4) is 0 Å². The minimum atomic E-state index is -0.356. The Morgan fingerprint density at radius 3 is 2.15 bits per heavy atom. The van der Waals surface area contributed by atoms with Gasteiger partial charge in [0.1, 0.15) is 0 Å². The number of nitrogens with zero attached hydrogens (tertiary/aromatic N) is 2. The predicted octanol–water partition coefficient (Wildman–Crippen LogP) is 2.46. The van der Waals surface area contributed by atoms with Gasteiger partial charge in [0.25, 0.3) is 0 Å². The molecule has 0 amide bonds.